The minimum absolute atomic E-state index is 1.28. The molecule has 0 aliphatic rings. The molecule has 0 saturated carbocycles. The fourth-order valence-corrected chi connectivity index (χ4v) is 1.35. The molecule has 102 valence electrons. The van der Waals surface area contributed by atoms with Gasteiger partial charge < -0.3 is 10.2 Å². The van der Waals surface area contributed by atoms with Crippen LogP contribution in [0.25, 0.3) is 11.1 Å². The number of benzene rings is 2. The largest absolute Gasteiger partial charge is 0.462 e. The van der Waals surface area contributed by atoms with Crippen molar-refractivity contribution in [2.45, 2.75) is 0 Å². The van der Waals surface area contributed by atoms with Crippen molar-refractivity contribution < 1.29 is 19.8 Å². The fraction of sp³-hybridized carbons (Fsp3) is 0. The van der Waals surface area contributed by atoms with Crippen molar-refractivity contribution in [1.29, 1.82) is 0 Å². The van der Waals surface area contributed by atoms with E-state index >= 15 is 0 Å². The summed E-state index contributed by atoms with van der Waals surface area (Å²) in [4.78, 5) is 18.8. The van der Waals surface area contributed by atoms with Crippen LogP contribution in [0, 0.1) is 0 Å². The molecule has 0 radical (unpaired) electrons. The molecule has 0 aliphatic carbocycles. The molecule has 2 N–H and O–H groups in total. The molecule has 2 aromatic carbocycles. The number of carboxylic acid groups (broad SMARTS) is 2. The lowest BCUT2D eigenvalue weighted by Gasteiger charge is -1.98. The summed E-state index contributed by atoms with van der Waals surface area (Å²) in [6.07, 6.45) is -3.24. The van der Waals surface area contributed by atoms with E-state index in [1.165, 1.54) is 11.1 Å². The lowest BCUT2D eigenvalue weighted by molar-refractivity contribution is 0.194. The minimum Gasteiger partial charge on any atom is -0.462 e. The van der Waals surface area contributed by atoms with Crippen LogP contribution in [-0.2, 0) is 0 Å². The monoisotopic (exact) mass is 272 g/mol. The van der Waals surface area contributed by atoms with Gasteiger partial charge >= 0.3 is 12.2 Å². The molecule has 0 aromatic heterocycles. The van der Waals surface area contributed by atoms with E-state index in [1.807, 2.05) is 12.1 Å². The fourth-order valence-electron chi connectivity index (χ4n) is 1.35. The average Bonchev–Trinajstić information content (AvgIpc) is 2.48. The average molecular weight is 272 g/mol. The van der Waals surface area contributed by atoms with Gasteiger partial charge in [0.25, 0.3) is 0 Å². The molecule has 0 bridgehead atoms. The Balaban J connectivity index is 0.000000221. The molecule has 0 atom stereocenters. The zero-order valence-corrected chi connectivity index (χ0v) is 10.4. The van der Waals surface area contributed by atoms with Crippen LogP contribution >= 0.6 is 0 Å². The van der Waals surface area contributed by atoms with Crippen molar-refractivity contribution in [3.05, 3.63) is 60.7 Å². The van der Waals surface area contributed by atoms with E-state index in [2.05, 4.69) is 58.8 Å². The van der Waals surface area contributed by atoms with Crippen LogP contribution in [0.1, 0.15) is 0 Å². The van der Waals surface area contributed by atoms with Gasteiger partial charge in [-0.1, -0.05) is 70.9 Å². The topological polar surface area (TPSA) is 99.3 Å². The van der Waals surface area contributed by atoms with Crippen LogP contribution in [-0.4, -0.2) is 22.4 Å². The van der Waals surface area contributed by atoms with Crippen LogP contribution in [0.2, 0.25) is 0 Å². The number of hydrogen-bond acceptors (Lipinski definition) is 2. The van der Waals surface area contributed by atoms with Crippen molar-refractivity contribution in [3.63, 3.8) is 0 Å². The van der Waals surface area contributed by atoms with Crippen LogP contribution < -0.4 is 0 Å². The smallest absolute Gasteiger partial charge is 0.450 e. The van der Waals surface area contributed by atoms with Crippen molar-refractivity contribution in [1.82, 2.24) is 0 Å². The maximum absolute atomic E-state index is 9.38. The first-order valence-electron chi connectivity index (χ1n) is 5.57. The zero-order valence-electron chi connectivity index (χ0n) is 10.4. The van der Waals surface area contributed by atoms with Crippen LogP contribution in [0.4, 0.5) is 9.59 Å². The summed E-state index contributed by atoms with van der Waals surface area (Å²) in [5.74, 6) is 0. The summed E-state index contributed by atoms with van der Waals surface area (Å²) < 4.78 is 0. The number of rotatable bonds is 1. The third kappa shape index (κ3) is 6.06. The zero-order chi connectivity index (χ0) is 14.8. The van der Waals surface area contributed by atoms with E-state index in [-0.39, 0.29) is 0 Å². The Bertz CT molecular complexity index is 529. The number of azo groups is 1. The lowest BCUT2D eigenvalue weighted by atomic mass is 10.1. The van der Waals surface area contributed by atoms with Crippen LogP contribution in [0.15, 0.2) is 70.9 Å². The predicted molar refractivity (Wildman–Crippen MR) is 72.8 cm³/mol. The van der Waals surface area contributed by atoms with Gasteiger partial charge in [-0.2, -0.15) is 0 Å². The molecule has 0 unspecified atom stereocenters. The van der Waals surface area contributed by atoms with Gasteiger partial charge in [0.2, 0.25) is 0 Å². The Labute approximate surface area is 115 Å². The highest BCUT2D eigenvalue weighted by atomic mass is 16.4. The van der Waals surface area contributed by atoms with E-state index in [4.69, 9.17) is 10.2 Å². The van der Waals surface area contributed by atoms with Crippen LogP contribution in [0.5, 0.6) is 0 Å². The summed E-state index contributed by atoms with van der Waals surface area (Å²) in [5, 5.41) is 19.8. The molecule has 2 aromatic rings. The first kappa shape index (κ1) is 15.0. The molecule has 0 spiro atoms. The van der Waals surface area contributed by atoms with Gasteiger partial charge in [-0.05, 0) is 11.1 Å². The molecule has 20 heavy (non-hydrogen) atoms. The highest BCUT2D eigenvalue weighted by Crippen LogP contribution is 2.17. The van der Waals surface area contributed by atoms with Crippen molar-refractivity contribution in [2.75, 3.05) is 0 Å². The van der Waals surface area contributed by atoms with Gasteiger partial charge in [-0.3, -0.25) is 0 Å². The number of amides is 2. The van der Waals surface area contributed by atoms with E-state index in [0.29, 0.717) is 0 Å². The van der Waals surface area contributed by atoms with Gasteiger partial charge in [0, 0.05) is 0 Å². The Morgan fingerprint density at radius 3 is 1.20 bits per heavy atom. The second-order valence-electron chi connectivity index (χ2n) is 3.50. The molecule has 6 nitrogen and oxygen atoms in total. The maximum Gasteiger partial charge on any atom is 0.450 e. The third-order valence-electron chi connectivity index (χ3n) is 2.10. The van der Waals surface area contributed by atoms with E-state index in [1.54, 1.807) is 0 Å². The third-order valence-corrected chi connectivity index (χ3v) is 2.10. The van der Waals surface area contributed by atoms with Crippen molar-refractivity contribution >= 4 is 12.2 Å². The van der Waals surface area contributed by atoms with E-state index in [9.17, 15) is 9.59 Å². The van der Waals surface area contributed by atoms with Crippen molar-refractivity contribution in [3.8, 4) is 11.1 Å². The molecule has 2 rings (SSSR count). The summed E-state index contributed by atoms with van der Waals surface area (Å²) in [5.41, 5.74) is 2.55. The molecular formula is C14H12N2O4. The summed E-state index contributed by atoms with van der Waals surface area (Å²) in [6, 6.07) is 20.8. The minimum atomic E-state index is -1.62. The Kier molecular flexibility index (Phi) is 6.13. The molecule has 0 heterocycles. The van der Waals surface area contributed by atoms with Crippen molar-refractivity contribution in [2.24, 2.45) is 10.2 Å². The standard InChI is InChI=1S/C12H10.C2H2N2O4/c1-3-7-11(8-4-1)12-9-5-2-6-10-12;5-1(6)3-4-2(7)8/h1-10H;(H,5,6)(H,7,8). The van der Waals surface area contributed by atoms with Gasteiger partial charge in [-0.15, -0.1) is 0 Å². The normalized spacial score (nSPS) is 9.60. The van der Waals surface area contributed by atoms with Gasteiger partial charge in [0.05, 0.1) is 0 Å². The number of nitrogens with zero attached hydrogens (tertiary/aromatic N) is 2. The molecule has 0 aliphatic heterocycles. The molecular weight excluding hydrogens is 260 g/mol. The van der Waals surface area contributed by atoms with Gasteiger partial charge in [-0.25, -0.2) is 9.59 Å². The predicted octanol–water partition coefficient (Wildman–Crippen LogP) is 4.15. The Morgan fingerprint density at radius 2 is 0.950 bits per heavy atom. The molecule has 2 amide bonds. The molecule has 6 heteroatoms. The lowest BCUT2D eigenvalue weighted by Crippen LogP contribution is -1.87. The second-order valence-corrected chi connectivity index (χ2v) is 3.50. The Hall–Kier alpha value is -3.02. The van der Waals surface area contributed by atoms with Gasteiger partial charge in [0.15, 0.2) is 0 Å². The van der Waals surface area contributed by atoms with E-state index < -0.39 is 12.2 Å². The maximum atomic E-state index is 9.38. The first-order valence-corrected chi connectivity index (χ1v) is 5.57. The van der Waals surface area contributed by atoms with Crippen LogP contribution in [0.3, 0.4) is 0 Å². The SMILES string of the molecule is O=C(O)N=NC(=O)O.c1ccc(-c2ccccc2)cc1. The second kappa shape index (κ2) is 8.15. The van der Waals surface area contributed by atoms with E-state index in [0.717, 1.165) is 0 Å². The summed E-state index contributed by atoms with van der Waals surface area (Å²) in [6.45, 7) is 0. The highest BCUT2D eigenvalue weighted by Gasteiger charge is 1.92. The quantitative estimate of drug-likeness (QED) is 0.761. The summed E-state index contributed by atoms with van der Waals surface area (Å²) in [7, 11) is 0. The molecule has 0 fully saturated rings. The Morgan fingerprint density at radius 1 is 0.650 bits per heavy atom. The number of carbonyl (C=O) groups is 2. The molecule has 0 saturated heterocycles. The highest BCUT2D eigenvalue weighted by molar-refractivity contribution is 5.70. The summed E-state index contributed by atoms with van der Waals surface area (Å²) >= 11 is 0. The number of hydrogen-bond donors (Lipinski definition) is 2. The first-order chi connectivity index (χ1) is 9.59. The van der Waals surface area contributed by atoms with Gasteiger partial charge in [0.1, 0.15) is 0 Å².